The number of rotatable bonds is 1. The van der Waals surface area contributed by atoms with Crippen LogP contribution < -0.4 is 11.1 Å². The number of ether oxygens (including phenoxy) is 1. The summed E-state index contributed by atoms with van der Waals surface area (Å²) in [5.41, 5.74) is 7.35. The normalized spacial score (nSPS) is 12.3. The Labute approximate surface area is 105 Å². The Morgan fingerprint density at radius 1 is 1.56 bits per heavy atom. The molecule has 2 rings (SSSR count). The minimum absolute atomic E-state index is 0. The third-order valence-electron chi connectivity index (χ3n) is 2.16. The number of hydrogen-bond acceptors (Lipinski definition) is 5. The second-order valence-electron chi connectivity index (χ2n) is 3.02. The zero-order valence-electron chi connectivity index (χ0n) is 8.73. The van der Waals surface area contributed by atoms with Gasteiger partial charge in [0.25, 0.3) is 0 Å². The summed E-state index contributed by atoms with van der Waals surface area (Å²) in [5, 5.41) is 7.03. The van der Waals surface area contributed by atoms with Crippen molar-refractivity contribution in [1.82, 2.24) is 15.1 Å². The maximum Gasteiger partial charge on any atom is 0.435 e. The molecule has 0 radical (unpaired) electrons. The van der Waals surface area contributed by atoms with Gasteiger partial charge in [0.15, 0.2) is 5.82 Å². The number of nitrogen functional groups attached to an aromatic ring is 1. The van der Waals surface area contributed by atoms with Crippen molar-refractivity contribution in [3.63, 3.8) is 0 Å². The van der Waals surface area contributed by atoms with E-state index < -0.39 is 6.09 Å². The standard InChI is InChI=1S/C8H12N4O2.2ClH/c1-2-14-8(13)12-6-4-10-3-5(6)7(9)11-12;;/h10H,2-4H2,1H3,(H2,9,11);2*1H. The van der Waals surface area contributed by atoms with Gasteiger partial charge in [-0.3, -0.25) is 0 Å². The lowest BCUT2D eigenvalue weighted by Gasteiger charge is -2.02. The molecule has 16 heavy (non-hydrogen) atoms. The van der Waals surface area contributed by atoms with Gasteiger partial charge in [0.1, 0.15) is 0 Å². The van der Waals surface area contributed by atoms with Gasteiger partial charge in [0.05, 0.1) is 12.3 Å². The highest BCUT2D eigenvalue weighted by Crippen LogP contribution is 2.21. The fourth-order valence-electron chi connectivity index (χ4n) is 1.52. The van der Waals surface area contributed by atoms with Gasteiger partial charge in [-0.2, -0.15) is 4.68 Å². The number of aromatic nitrogens is 2. The van der Waals surface area contributed by atoms with Gasteiger partial charge in [-0.05, 0) is 6.92 Å². The summed E-state index contributed by atoms with van der Waals surface area (Å²) in [6, 6.07) is 0. The van der Waals surface area contributed by atoms with E-state index in [4.69, 9.17) is 10.5 Å². The first kappa shape index (κ1) is 15.0. The van der Waals surface area contributed by atoms with Crippen LogP contribution >= 0.6 is 24.8 Å². The van der Waals surface area contributed by atoms with Crippen molar-refractivity contribution in [2.45, 2.75) is 20.0 Å². The molecular formula is C8H14Cl2N4O2. The number of carbonyl (C=O) groups is 1. The predicted molar refractivity (Wildman–Crippen MR) is 64.1 cm³/mol. The van der Waals surface area contributed by atoms with Gasteiger partial charge in [-0.15, -0.1) is 29.9 Å². The summed E-state index contributed by atoms with van der Waals surface area (Å²) in [4.78, 5) is 11.4. The van der Waals surface area contributed by atoms with E-state index in [0.29, 0.717) is 25.5 Å². The molecule has 1 aliphatic rings. The molecule has 2 heterocycles. The number of nitrogens with one attached hydrogen (secondary N) is 1. The van der Waals surface area contributed by atoms with Crippen LogP contribution in [0.2, 0.25) is 0 Å². The topological polar surface area (TPSA) is 82.2 Å². The maximum absolute atomic E-state index is 11.4. The van der Waals surface area contributed by atoms with Crippen LogP contribution in [0, 0.1) is 0 Å². The molecule has 0 fully saturated rings. The highest BCUT2D eigenvalue weighted by Gasteiger charge is 2.24. The summed E-state index contributed by atoms with van der Waals surface area (Å²) in [6.07, 6.45) is -0.468. The first-order chi connectivity index (χ1) is 6.74. The predicted octanol–water partition coefficient (Wildman–Crippen LogP) is 0.917. The number of anilines is 1. The van der Waals surface area contributed by atoms with Crippen molar-refractivity contribution in [3.05, 3.63) is 11.3 Å². The van der Waals surface area contributed by atoms with Gasteiger partial charge >= 0.3 is 6.09 Å². The number of hydrogen-bond donors (Lipinski definition) is 2. The Kier molecular flexibility index (Phi) is 5.57. The average molecular weight is 269 g/mol. The average Bonchev–Trinajstić information content (AvgIpc) is 2.70. The molecule has 0 amide bonds. The van der Waals surface area contributed by atoms with Crippen LogP contribution in [0.25, 0.3) is 0 Å². The van der Waals surface area contributed by atoms with E-state index in [0.717, 1.165) is 11.3 Å². The molecule has 8 heteroatoms. The van der Waals surface area contributed by atoms with Crippen molar-refractivity contribution in [2.24, 2.45) is 0 Å². The summed E-state index contributed by atoms with van der Waals surface area (Å²) in [6.45, 7) is 3.36. The van der Waals surface area contributed by atoms with Crippen LogP contribution in [0.4, 0.5) is 10.6 Å². The summed E-state index contributed by atoms with van der Waals surface area (Å²) >= 11 is 0. The monoisotopic (exact) mass is 268 g/mol. The molecule has 0 bridgehead atoms. The molecule has 92 valence electrons. The van der Waals surface area contributed by atoms with E-state index in [1.165, 1.54) is 4.68 Å². The fraction of sp³-hybridized carbons (Fsp3) is 0.500. The van der Waals surface area contributed by atoms with Crippen molar-refractivity contribution >= 4 is 36.7 Å². The SMILES string of the molecule is CCOC(=O)n1nc(N)c2c1CNC2.Cl.Cl. The summed E-state index contributed by atoms with van der Waals surface area (Å²) < 4.78 is 6.08. The first-order valence-corrected chi connectivity index (χ1v) is 4.48. The fourth-order valence-corrected chi connectivity index (χ4v) is 1.52. The quantitative estimate of drug-likeness (QED) is 0.792. The Morgan fingerprint density at radius 3 is 2.88 bits per heavy atom. The number of nitrogens with two attached hydrogens (primary N) is 1. The second kappa shape index (κ2) is 5.93. The van der Waals surface area contributed by atoms with Crippen molar-refractivity contribution in [3.8, 4) is 0 Å². The van der Waals surface area contributed by atoms with Crippen molar-refractivity contribution in [1.29, 1.82) is 0 Å². The van der Waals surface area contributed by atoms with Crippen LogP contribution in [0.1, 0.15) is 18.2 Å². The molecule has 1 aromatic rings. The zero-order chi connectivity index (χ0) is 10.1. The van der Waals surface area contributed by atoms with Crippen LogP contribution in [0.3, 0.4) is 0 Å². The molecule has 0 saturated heterocycles. The lowest BCUT2D eigenvalue weighted by molar-refractivity contribution is 0.149. The molecule has 0 saturated carbocycles. The van der Waals surface area contributed by atoms with Crippen LogP contribution in [-0.2, 0) is 17.8 Å². The minimum atomic E-state index is -0.468. The summed E-state index contributed by atoms with van der Waals surface area (Å²) in [7, 11) is 0. The van der Waals surface area contributed by atoms with E-state index in [9.17, 15) is 4.79 Å². The van der Waals surface area contributed by atoms with E-state index in [-0.39, 0.29) is 24.8 Å². The molecular weight excluding hydrogens is 255 g/mol. The van der Waals surface area contributed by atoms with Crippen LogP contribution in [0.15, 0.2) is 0 Å². The van der Waals surface area contributed by atoms with Gasteiger partial charge in [-0.25, -0.2) is 4.79 Å². The third kappa shape index (κ3) is 2.40. The number of halogens is 2. The number of fused-ring (bicyclic) bond motifs is 1. The Morgan fingerprint density at radius 2 is 2.25 bits per heavy atom. The molecule has 0 aromatic carbocycles. The Hall–Kier alpha value is -0.980. The highest BCUT2D eigenvalue weighted by atomic mass is 35.5. The molecule has 0 unspecified atom stereocenters. The van der Waals surface area contributed by atoms with E-state index in [2.05, 4.69) is 10.4 Å². The lowest BCUT2D eigenvalue weighted by Crippen LogP contribution is -2.19. The van der Waals surface area contributed by atoms with E-state index in [1.54, 1.807) is 6.92 Å². The molecule has 0 aliphatic carbocycles. The molecule has 0 spiro atoms. The molecule has 1 aromatic heterocycles. The number of nitrogens with zero attached hydrogens (tertiary/aromatic N) is 2. The molecule has 6 nitrogen and oxygen atoms in total. The van der Waals surface area contributed by atoms with Crippen molar-refractivity contribution < 1.29 is 9.53 Å². The minimum Gasteiger partial charge on any atom is -0.448 e. The Balaban J connectivity index is 0.00000112. The lowest BCUT2D eigenvalue weighted by atomic mass is 10.3. The number of carbonyl (C=O) groups excluding carboxylic acids is 1. The van der Waals surface area contributed by atoms with E-state index in [1.807, 2.05) is 0 Å². The summed E-state index contributed by atoms with van der Waals surface area (Å²) in [5.74, 6) is 0.401. The molecule has 3 N–H and O–H groups in total. The first-order valence-electron chi connectivity index (χ1n) is 4.48. The van der Waals surface area contributed by atoms with Gasteiger partial charge < -0.3 is 15.8 Å². The van der Waals surface area contributed by atoms with Gasteiger partial charge in [0.2, 0.25) is 0 Å². The molecule has 1 aliphatic heterocycles. The largest absolute Gasteiger partial charge is 0.448 e. The van der Waals surface area contributed by atoms with E-state index >= 15 is 0 Å². The van der Waals surface area contributed by atoms with Gasteiger partial charge in [0, 0.05) is 18.7 Å². The van der Waals surface area contributed by atoms with Gasteiger partial charge in [-0.1, -0.05) is 0 Å². The highest BCUT2D eigenvalue weighted by molar-refractivity contribution is 5.85. The zero-order valence-corrected chi connectivity index (χ0v) is 10.4. The van der Waals surface area contributed by atoms with Crippen LogP contribution in [-0.4, -0.2) is 22.5 Å². The molecule has 0 atom stereocenters. The van der Waals surface area contributed by atoms with Crippen LogP contribution in [0.5, 0.6) is 0 Å². The Bertz CT molecular complexity index is 380. The third-order valence-corrected chi connectivity index (χ3v) is 2.16. The maximum atomic E-state index is 11.4. The second-order valence-corrected chi connectivity index (χ2v) is 3.02. The smallest absolute Gasteiger partial charge is 0.435 e. The van der Waals surface area contributed by atoms with Crippen molar-refractivity contribution in [2.75, 3.05) is 12.3 Å².